The van der Waals surface area contributed by atoms with Crippen molar-refractivity contribution in [3.8, 4) is 11.5 Å². The molecule has 0 amide bonds. The van der Waals surface area contributed by atoms with Gasteiger partial charge in [0, 0.05) is 17.7 Å². The van der Waals surface area contributed by atoms with Gasteiger partial charge >= 0.3 is 0 Å². The second-order valence-corrected chi connectivity index (χ2v) is 6.49. The molecule has 0 saturated heterocycles. The topological polar surface area (TPSA) is 21.3 Å². The zero-order chi connectivity index (χ0) is 15.5. The van der Waals surface area contributed by atoms with E-state index in [1.165, 1.54) is 16.7 Å². The van der Waals surface area contributed by atoms with Gasteiger partial charge in [-0.1, -0.05) is 56.7 Å². The molecule has 0 bridgehead atoms. The molecule has 0 aliphatic rings. The molecule has 2 aromatic rings. The van der Waals surface area contributed by atoms with E-state index >= 15 is 0 Å². The van der Waals surface area contributed by atoms with Crippen LogP contribution in [-0.2, 0) is 12.0 Å². The summed E-state index contributed by atoms with van der Waals surface area (Å²) in [7, 11) is 1.95. The molecule has 0 radical (unpaired) electrons. The number of para-hydroxylation sites is 1. The van der Waals surface area contributed by atoms with Crippen LogP contribution in [-0.4, -0.2) is 7.05 Å². The third-order valence-electron chi connectivity index (χ3n) is 3.50. The van der Waals surface area contributed by atoms with Gasteiger partial charge in [-0.2, -0.15) is 0 Å². The Hall–Kier alpha value is -1.80. The lowest BCUT2D eigenvalue weighted by Gasteiger charge is -2.23. The molecule has 0 atom stereocenters. The van der Waals surface area contributed by atoms with Gasteiger partial charge in [0.05, 0.1) is 0 Å². The van der Waals surface area contributed by atoms with Crippen LogP contribution in [0.4, 0.5) is 0 Å². The van der Waals surface area contributed by atoms with Crippen LogP contribution in [0.2, 0.25) is 0 Å². The Morgan fingerprint density at radius 3 is 2.38 bits per heavy atom. The summed E-state index contributed by atoms with van der Waals surface area (Å²) < 4.78 is 6.23. The Kier molecular flexibility index (Phi) is 4.69. The SMILES string of the molecule is CNCc1cc(C)ccc1Oc1ccccc1C(C)(C)C. The molecule has 0 aliphatic carbocycles. The van der Waals surface area contributed by atoms with Crippen molar-refractivity contribution in [3.63, 3.8) is 0 Å². The summed E-state index contributed by atoms with van der Waals surface area (Å²) in [6.45, 7) is 9.53. The lowest BCUT2D eigenvalue weighted by atomic mass is 9.86. The van der Waals surface area contributed by atoms with Gasteiger partial charge in [0.25, 0.3) is 0 Å². The van der Waals surface area contributed by atoms with Gasteiger partial charge in [-0.15, -0.1) is 0 Å². The summed E-state index contributed by atoms with van der Waals surface area (Å²) in [5, 5.41) is 3.20. The summed E-state index contributed by atoms with van der Waals surface area (Å²) in [5.74, 6) is 1.86. The molecule has 0 spiro atoms. The monoisotopic (exact) mass is 283 g/mol. The molecule has 0 heterocycles. The van der Waals surface area contributed by atoms with Gasteiger partial charge in [0.15, 0.2) is 0 Å². The van der Waals surface area contributed by atoms with Crippen molar-refractivity contribution in [2.75, 3.05) is 7.05 Å². The molecule has 112 valence electrons. The maximum absolute atomic E-state index is 6.23. The van der Waals surface area contributed by atoms with Gasteiger partial charge in [0.1, 0.15) is 11.5 Å². The number of ether oxygens (including phenoxy) is 1. The first-order chi connectivity index (χ1) is 9.91. The molecule has 0 aliphatic heterocycles. The predicted molar refractivity (Wildman–Crippen MR) is 89.2 cm³/mol. The third kappa shape index (κ3) is 3.85. The normalized spacial score (nSPS) is 11.5. The Morgan fingerprint density at radius 2 is 1.71 bits per heavy atom. The standard InChI is InChI=1S/C19H25NO/c1-14-10-11-17(15(12-14)13-20-5)21-18-9-7-6-8-16(18)19(2,3)4/h6-12,20H,13H2,1-5H3. The highest BCUT2D eigenvalue weighted by molar-refractivity contribution is 5.44. The van der Waals surface area contributed by atoms with Crippen LogP contribution in [0.25, 0.3) is 0 Å². The number of hydrogen-bond donors (Lipinski definition) is 1. The summed E-state index contributed by atoms with van der Waals surface area (Å²) >= 11 is 0. The van der Waals surface area contributed by atoms with Crippen molar-refractivity contribution < 1.29 is 4.74 Å². The minimum Gasteiger partial charge on any atom is -0.457 e. The van der Waals surface area contributed by atoms with Crippen molar-refractivity contribution in [1.29, 1.82) is 0 Å². The van der Waals surface area contributed by atoms with Gasteiger partial charge in [0.2, 0.25) is 0 Å². The van der Waals surface area contributed by atoms with Crippen molar-refractivity contribution in [2.24, 2.45) is 0 Å². The zero-order valence-corrected chi connectivity index (χ0v) is 13.7. The molecule has 2 aromatic carbocycles. The fourth-order valence-electron chi connectivity index (χ4n) is 2.43. The summed E-state index contributed by atoms with van der Waals surface area (Å²) in [4.78, 5) is 0. The van der Waals surface area contributed by atoms with E-state index < -0.39 is 0 Å². The minimum atomic E-state index is 0.0600. The van der Waals surface area contributed by atoms with E-state index in [-0.39, 0.29) is 5.41 Å². The summed E-state index contributed by atoms with van der Waals surface area (Å²) in [6, 6.07) is 14.6. The maximum Gasteiger partial charge on any atom is 0.131 e. The molecule has 0 saturated carbocycles. The smallest absolute Gasteiger partial charge is 0.131 e. The largest absolute Gasteiger partial charge is 0.457 e. The molecule has 0 unspecified atom stereocenters. The molecular weight excluding hydrogens is 258 g/mol. The first kappa shape index (κ1) is 15.6. The Bertz CT molecular complexity index is 611. The van der Waals surface area contributed by atoms with Gasteiger partial charge < -0.3 is 10.1 Å². The van der Waals surface area contributed by atoms with Crippen LogP contribution in [0.3, 0.4) is 0 Å². The number of benzene rings is 2. The molecule has 0 fully saturated rings. The van der Waals surface area contributed by atoms with Gasteiger partial charge in [-0.3, -0.25) is 0 Å². The average molecular weight is 283 g/mol. The maximum atomic E-state index is 6.23. The first-order valence-electron chi connectivity index (χ1n) is 7.43. The van der Waals surface area contributed by atoms with Gasteiger partial charge in [-0.25, -0.2) is 0 Å². The Balaban J connectivity index is 2.39. The molecule has 2 rings (SSSR count). The highest BCUT2D eigenvalue weighted by atomic mass is 16.5. The molecule has 21 heavy (non-hydrogen) atoms. The molecule has 1 N–H and O–H groups in total. The first-order valence-corrected chi connectivity index (χ1v) is 7.43. The highest BCUT2D eigenvalue weighted by Crippen LogP contribution is 2.35. The van der Waals surface area contributed by atoms with Crippen LogP contribution in [0, 0.1) is 6.92 Å². The molecule has 2 nitrogen and oxygen atoms in total. The quantitative estimate of drug-likeness (QED) is 0.870. The van der Waals surface area contributed by atoms with Crippen LogP contribution in [0.15, 0.2) is 42.5 Å². The average Bonchev–Trinajstić information content (AvgIpc) is 2.41. The Morgan fingerprint density at radius 1 is 1.00 bits per heavy atom. The zero-order valence-electron chi connectivity index (χ0n) is 13.7. The van der Waals surface area contributed by atoms with E-state index in [2.05, 4.69) is 63.3 Å². The van der Waals surface area contributed by atoms with Crippen LogP contribution < -0.4 is 10.1 Å². The van der Waals surface area contributed by atoms with E-state index in [1.54, 1.807) is 0 Å². The lowest BCUT2D eigenvalue weighted by Crippen LogP contribution is -2.13. The van der Waals surface area contributed by atoms with Crippen molar-refractivity contribution in [2.45, 2.75) is 39.7 Å². The summed E-state index contributed by atoms with van der Waals surface area (Å²) in [6.07, 6.45) is 0. The molecule has 2 heteroatoms. The van der Waals surface area contributed by atoms with Crippen LogP contribution >= 0.6 is 0 Å². The number of aryl methyl sites for hydroxylation is 1. The fraction of sp³-hybridized carbons (Fsp3) is 0.368. The second kappa shape index (κ2) is 6.31. The van der Waals surface area contributed by atoms with Gasteiger partial charge in [-0.05, 0) is 31.5 Å². The lowest BCUT2D eigenvalue weighted by molar-refractivity contribution is 0.449. The van der Waals surface area contributed by atoms with E-state index in [9.17, 15) is 0 Å². The van der Waals surface area contributed by atoms with E-state index in [0.29, 0.717) is 0 Å². The molecular formula is C19H25NO. The second-order valence-electron chi connectivity index (χ2n) is 6.49. The van der Waals surface area contributed by atoms with E-state index in [1.807, 2.05) is 19.2 Å². The predicted octanol–water partition coefficient (Wildman–Crippen LogP) is 4.80. The highest BCUT2D eigenvalue weighted by Gasteiger charge is 2.19. The summed E-state index contributed by atoms with van der Waals surface area (Å²) in [5.41, 5.74) is 3.71. The Labute approximate surface area is 128 Å². The van der Waals surface area contributed by atoms with Crippen LogP contribution in [0.1, 0.15) is 37.5 Å². The van der Waals surface area contributed by atoms with Crippen molar-refractivity contribution in [3.05, 3.63) is 59.2 Å². The van der Waals surface area contributed by atoms with E-state index in [4.69, 9.17) is 4.74 Å². The van der Waals surface area contributed by atoms with Crippen molar-refractivity contribution in [1.82, 2.24) is 5.32 Å². The fourth-order valence-corrected chi connectivity index (χ4v) is 2.43. The molecule has 0 aromatic heterocycles. The number of nitrogens with one attached hydrogen (secondary N) is 1. The minimum absolute atomic E-state index is 0.0600. The number of hydrogen-bond acceptors (Lipinski definition) is 2. The van der Waals surface area contributed by atoms with Crippen LogP contribution in [0.5, 0.6) is 11.5 Å². The number of rotatable bonds is 4. The van der Waals surface area contributed by atoms with Crippen molar-refractivity contribution >= 4 is 0 Å². The third-order valence-corrected chi connectivity index (χ3v) is 3.50. The van der Waals surface area contributed by atoms with E-state index in [0.717, 1.165) is 18.0 Å².